The van der Waals surface area contributed by atoms with E-state index in [4.69, 9.17) is 16.3 Å². The van der Waals surface area contributed by atoms with Crippen LogP contribution in [0.2, 0.25) is 4.34 Å². The van der Waals surface area contributed by atoms with Gasteiger partial charge in [0.05, 0.1) is 9.94 Å². The first-order valence-corrected chi connectivity index (χ1v) is 7.86. The van der Waals surface area contributed by atoms with Crippen molar-refractivity contribution in [1.82, 2.24) is 5.32 Å². The van der Waals surface area contributed by atoms with Gasteiger partial charge in [0.2, 0.25) is 0 Å². The van der Waals surface area contributed by atoms with Gasteiger partial charge >= 0.3 is 0 Å². The minimum absolute atomic E-state index is 0.124. The van der Waals surface area contributed by atoms with Crippen LogP contribution < -0.4 is 5.32 Å². The van der Waals surface area contributed by atoms with E-state index in [9.17, 15) is 0 Å². The summed E-state index contributed by atoms with van der Waals surface area (Å²) in [5.74, 6) is 0. The van der Waals surface area contributed by atoms with Gasteiger partial charge in [-0.1, -0.05) is 25.4 Å². The molecule has 0 saturated heterocycles. The molecule has 2 unspecified atom stereocenters. The van der Waals surface area contributed by atoms with Crippen LogP contribution in [0.3, 0.4) is 0 Å². The Morgan fingerprint density at radius 1 is 1.39 bits per heavy atom. The van der Waals surface area contributed by atoms with Crippen LogP contribution in [0.5, 0.6) is 0 Å². The third-order valence-corrected chi connectivity index (χ3v) is 4.65. The zero-order valence-electron chi connectivity index (χ0n) is 11.8. The molecule has 0 fully saturated rings. The van der Waals surface area contributed by atoms with Gasteiger partial charge in [0.25, 0.3) is 0 Å². The standard InChI is InChI=1S/C14H24ClNOS/c1-5-14(4,17-7-3)12(16-6-2)10-11-8-9-13(15)18-11/h8-9,12,16H,5-7,10H2,1-4H3. The predicted octanol–water partition coefficient (Wildman–Crippen LogP) is 4.13. The fourth-order valence-electron chi connectivity index (χ4n) is 2.19. The smallest absolute Gasteiger partial charge is 0.0931 e. The monoisotopic (exact) mass is 289 g/mol. The molecular weight excluding hydrogens is 266 g/mol. The Morgan fingerprint density at radius 2 is 2.11 bits per heavy atom. The molecule has 0 aromatic carbocycles. The molecule has 104 valence electrons. The van der Waals surface area contributed by atoms with Crippen molar-refractivity contribution < 1.29 is 4.74 Å². The molecule has 2 atom stereocenters. The van der Waals surface area contributed by atoms with Gasteiger partial charge in [0.15, 0.2) is 0 Å². The Bertz CT molecular complexity index is 355. The number of hydrogen-bond donors (Lipinski definition) is 1. The molecule has 1 aromatic heterocycles. The first-order chi connectivity index (χ1) is 8.55. The van der Waals surface area contributed by atoms with Crippen molar-refractivity contribution in [2.45, 2.75) is 52.2 Å². The Balaban J connectivity index is 2.80. The average Bonchev–Trinajstić information content (AvgIpc) is 2.74. The lowest BCUT2D eigenvalue weighted by atomic mass is 9.90. The maximum Gasteiger partial charge on any atom is 0.0931 e. The molecule has 1 aromatic rings. The predicted molar refractivity (Wildman–Crippen MR) is 80.8 cm³/mol. The highest BCUT2D eigenvalue weighted by atomic mass is 35.5. The van der Waals surface area contributed by atoms with E-state index in [0.717, 1.165) is 30.3 Å². The van der Waals surface area contributed by atoms with Gasteiger partial charge in [0.1, 0.15) is 0 Å². The lowest BCUT2D eigenvalue weighted by Gasteiger charge is -2.37. The molecule has 1 rings (SSSR count). The van der Waals surface area contributed by atoms with Crippen LogP contribution in [-0.2, 0) is 11.2 Å². The third kappa shape index (κ3) is 4.23. The minimum Gasteiger partial charge on any atom is -0.374 e. The third-order valence-electron chi connectivity index (χ3n) is 3.40. The average molecular weight is 290 g/mol. The van der Waals surface area contributed by atoms with Crippen molar-refractivity contribution in [2.75, 3.05) is 13.2 Å². The summed E-state index contributed by atoms with van der Waals surface area (Å²) < 4.78 is 6.84. The van der Waals surface area contributed by atoms with Gasteiger partial charge in [-0.2, -0.15) is 0 Å². The van der Waals surface area contributed by atoms with Gasteiger partial charge < -0.3 is 10.1 Å². The topological polar surface area (TPSA) is 21.3 Å². The molecule has 0 spiro atoms. The largest absolute Gasteiger partial charge is 0.374 e. The van der Waals surface area contributed by atoms with Gasteiger partial charge in [-0.15, -0.1) is 11.3 Å². The summed E-state index contributed by atoms with van der Waals surface area (Å²) in [4.78, 5) is 1.31. The molecule has 0 aliphatic heterocycles. The van der Waals surface area contributed by atoms with Crippen LogP contribution in [0.1, 0.15) is 39.0 Å². The van der Waals surface area contributed by atoms with E-state index in [-0.39, 0.29) is 5.60 Å². The van der Waals surface area contributed by atoms with Crippen molar-refractivity contribution in [3.8, 4) is 0 Å². The van der Waals surface area contributed by atoms with Crippen molar-refractivity contribution in [1.29, 1.82) is 0 Å². The highest BCUT2D eigenvalue weighted by molar-refractivity contribution is 7.16. The maximum atomic E-state index is 6.00. The SMILES string of the molecule is CCNC(Cc1ccc(Cl)s1)C(C)(CC)OCC. The van der Waals surface area contributed by atoms with Crippen molar-refractivity contribution in [3.05, 3.63) is 21.3 Å². The van der Waals surface area contributed by atoms with Crippen LogP contribution in [0.4, 0.5) is 0 Å². The number of hydrogen-bond acceptors (Lipinski definition) is 3. The molecule has 1 heterocycles. The van der Waals surface area contributed by atoms with E-state index >= 15 is 0 Å². The van der Waals surface area contributed by atoms with Crippen LogP contribution in [-0.4, -0.2) is 24.8 Å². The summed E-state index contributed by atoms with van der Waals surface area (Å²) in [6.07, 6.45) is 1.97. The van der Waals surface area contributed by atoms with Crippen LogP contribution in [0.15, 0.2) is 12.1 Å². The van der Waals surface area contributed by atoms with Crippen molar-refractivity contribution >= 4 is 22.9 Å². The summed E-state index contributed by atoms with van der Waals surface area (Å²) in [5.41, 5.74) is -0.124. The van der Waals surface area contributed by atoms with Gasteiger partial charge in [-0.05, 0) is 45.4 Å². The number of halogens is 1. The number of likely N-dealkylation sites (N-methyl/N-ethyl adjacent to an activating group) is 1. The Morgan fingerprint density at radius 3 is 2.56 bits per heavy atom. The van der Waals surface area contributed by atoms with E-state index in [1.807, 2.05) is 6.07 Å². The van der Waals surface area contributed by atoms with Gasteiger partial charge in [0, 0.05) is 17.5 Å². The first kappa shape index (κ1) is 16.0. The molecule has 0 amide bonds. The quantitative estimate of drug-likeness (QED) is 0.777. The normalized spacial score (nSPS) is 16.5. The minimum atomic E-state index is -0.124. The molecule has 2 nitrogen and oxygen atoms in total. The highest BCUT2D eigenvalue weighted by Crippen LogP contribution is 2.28. The Kier molecular flexibility index (Phi) is 6.64. The second kappa shape index (κ2) is 7.49. The Labute approximate surface area is 120 Å². The lowest BCUT2D eigenvalue weighted by molar-refractivity contribution is -0.0545. The maximum absolute atomic E-state index is 6.00. The van der Waals surface area contributed by atoms with Gasteiger partial charge in [-0.25, -0.2) is 0 Å². The fraction of sp³-hybridized carbons (Fsp3) is 0.714. The molecule has 1 N–H and O–H groups in total. The molecule has 18 heavy (non-hydrogen) atoms. The molecule has 0 radical (unpaired) electrons. The summed E-state index contributed by atoms with van der Waals surface area (Å²) in [6.45, 7) is 10.3. The zero-order valence-corrected chi connectivity index (χ0v) is 13.3. The van der Waals surface area contributed by atoms with E-state index in [0.29, 0.717) is 6.04 Å². The van der Waals surface area contributed by atoms with E-state index in [1.54, 1.807) is 11.3 Å². The van der Waals surface area contributed by atoms with Crippen LogP contribution in [0, 0.1) is 0 Å². The highest BCUT2D eigenvalue weighted by Gasteiger charge is 2.33. The lowest BCUT2D eigenvalue weighted by Crippen LogP contribution is -2.51. The molecule has 0 aliphatic rings. The summed E-state index contributed by atoms with van der Waals surface area (Å²) >= 11 is 7.65. The first-order valence-electron chi connectivity index (χ1n) is 6.67. The van der Waals surface area contributed by atoms with Crippen LogP contribution in [0.25, 0.3) is 0 Å². The second-order valence-electron chi connectivity index (χ2n) is 4.62. The Hall–Kier alpha value is -0.0900. The van der Waals surface area contributed by atoms with Crippen LogP contribution >= 0.6 is 22.9 Å². The molecule has 0 aliphatic carbocycles. The number of nitrogens with one attached hydrogen (secondary N) is 1. The molecule has 0 saturated carbocycles. The fourth-order valence-corrected chi connectivity index (χ4v) is 3.32. The van der Waals surface area contributed by atoms with E-state index < -0.39 is 0 Å². The molecular formula is C14H24ClNOS. The van der Waals surface area contributed by atoms with E-state index in [1.165, 1.54) is 4.88 Å². The zero-order chi connectivity index (χ0) is 13.6. The molecule has 4 heteroatoms. The number of thiophene rings is 1. The summed E-state index contributed by atoms with van der Waals surface area (Å²) in [7, 11) is 0. The van der Waals surface area contributed by atoms with Crippen molar-refractivity contribution in [3.63, 3.8) is 0 Å². The number of ether oxygens (including phenoxy) is 1. The second-order valence-corrected chi connectivity index (χ2v) is 6.42. The summed E-state index contributed by atoms with van der Waals surface area (Å²) in [5, 5.41) is 3.56. The van der Waals surface area contributed by atoms with Crippen molar-refractivity contribution in [2.24, 2.45) is 0 Å². The summed E-state index contributed by atoms with van der Waals surface area (Å²) in [6, 6.07) is 4.40. The van der Waals surface area contributed by atoms with E-state index in [2.05, 4.69) is 39.1 Å². The van der Waals surface area contributed by atoms with Gasteiger partial charge in [-0.3, -0.25) is 0 Å². The number of rotatable bonds is 8. The molecule has 0 bridgehead atoms.